The molecule has 1 saturated carbocycles. The molecule has 0 aromatic carbocycles. The lowest BCUT2D eigenvalue weighted by atomic mass is 9.72. The predicted octanol–water partition coefficient (Wildman–Crippen LogP) is 3.23. The third-order valence-electron chi connectivity index (χ3n) is 4.18. The summed E-state index contributed by atoms with van der Waals surface area (Å²) < 4.78 is 5.71. The van der Waals surface area contributed by atoms with Gasteiger partial charge in [-0.2, -0.15) is 0 Å². The second-order valence-electron chi connectivity index (χ2n) is 6.28. The number of aromatic nitrogens is 1. The number of nitrogens with two attached hydrogens (primary N) is 1. The summed E-state index contributed by atoms with van der Waals surface area (Å²) in [6.45, 7) is 8.53. The minimum absolute atomic E-state index is 0.116. The van der Waals surface area contributed by atoms with Crippen LogP contribution in [0.25, 0.3) is 0 Å². The molecule has 1 fully saturated rings. The van der Waals surface area contributed by atoms with Crippen LogP contribution >= 0.6 is 0 Å². The Morgan fingerprint density at radius 2 is 2.00 bits per heavy atom. The molecule has 1 unspecified atom stereocenters. The zero-order chi connectivity index (χ0) is 13.4. The molecule has 0 aliphatic heterocycles. The largest absolute Gasteiger partial charge is 0.489 e. The molecule has 1 aliphatic carbocycles. The van der Waals surface area contributed by atoms with E-state index in [1.807, 2.05) is 20.0 Å². The van der Waals surface area contributed by atoms with Gasteiger partial charge in [0, 0.05) is 11.7 Å². The molecular formula is C15H24N2O. The third kappa shape index (κ3) is 2.24. The predicted molar refractivity (Wildman–Crippen MR) is 73.5 cm³/mol. The molecule has 3 heteroatoms. The Bertz CT molecular complexity index is 428. The van der Waals surface area contributed by atoms with E-state index >= 15 is 0 Å². The zero-order valence-electron chi connectivity index (χ0n) is 11.9. The lowest BCUT2D eigenvalue weighted by Gasteiger charge is -2.38. The van der Waals surface area contributed by atoms with Crippen LogP contribution in [0.15, 0.2) is 18.5 Å². The van der Waals surface area contributed by atoms with Gasteiger partial charge in [-0.15, -0.1) is 0 Å². The van der Waals surface area contributed by atoms with Gasteiger partial charge in [-0.3, -0.25) is 4.98 Å². The Morgan fingerprint density at radius 1 is 1.28 bits per heavy atom. The lowest BCUT2D eigenvalue weighted by Crippen LogP contribution is -2.45. The first-order chi connectivity index (χ1) is 8.35. The van der Waals surface area contributed by atoms with Gasteiger partial charge < -0.3 is 10.5 Å². The summed E-state index contributed by atoms with van der Waals surface area (Å²) in [7, 11) is 0. The topological polar surface area (TPSA) is 48.1 Å². The second kappa shape index (κ2) is 4.54. The maximum Gasteiger partial charge on any atom is 0.138 e. The Hall–Kier alpha value is -1.09. The number of nitrogens with zero attached hydrogens (tertiary/aromatic N) is 1. The van der Waals surface area contributed by atoms with Crippen molar-refractivity contribution in [2.24, 2.45) is 11.1 Å². The Labute approximate surface area is 110 Å². The van der Waals surface area contributed by atoms with Crippen LogP contribution in [0.4, 0.5) is 0 Å². The molecule has 1 aromatic heterocycles. The molecule has 0 amide bonds. The first-order valence-electron chi connectivity index (χ1n) is 6.76. The average Bonchev–Trinajstić information content (AvgIpc) is 2.54. The van der Waals surface area contributed by atoms with E-state index in [2.05, 4.69) is 24.9 Å². The summed E-state index contributed by atoms with van der Waals surface area (Å²) in [5, 5.41) is 0. The van der Waals surface area contributed by atoms with Crippen LogP contribution in [0.2, 0.25) is 0 Å². The number of ether oxygens (including phenoxy) is 1. The summed E-state index contributed by atoms with van der Waals surface area (Å²) in [6, 6.07) is 2.06. The maximum absolute atomic E-state index is 6.66. The molecule has 0 spiro atoms. The van der Waals surface area contributed by atoms with Gasteiger partial charge in [-0.05, 0) is 43.7 Å². The highest BCUT2D eigenvalue weighted by Gasteiger charge is 2.47. The average molecular weight is 248 g/mol. The first-order valence-corrected chi connectivity index (χ1v) is 6.76. The molecule has 2 N–H and O–H groups in total. The molecule has 1 aliphatic rings. The van der Waals surface area contributed by atoms with Crippen LogP contribution in [-0.4, -0.2) is 11.1 Å². The van der Waals surface area contributed by atoms with Crippen molar-refractivity contribution in [2.45, 2.75) is 58.6 Å². The van der Waals surface area contributed by atoms with Crippen molar-refractivity contribution < 1.29 is 4.74 Å². The molecule has 0 radical (unpaired) electrons. The molecule has 1 heterocycles. The highest BCUT2D eigenvalue weighted by molar-refractivity contribution is 5.32. The standard InChI is InChI=1S/C15H24N2O/c1-11(2)18-13-8-12(9-17-10-13)15(16)7-5-6-14(15,3)4/h8-11H,5-7,16H2,1-4H3. The van der Waals surface area contributed by atoms with E-state index in [9.17, 15) is 0 Å². The highest BCUT2D eigenvalue weighted by Crippen LogP contribution is 2.50. The quantitative estimate of drug-likeness (QED) is 0.893. The highest BCUT2D eigenvalue weighted by atomic mass is 16.5. The molecule has 0 saturated heterocycles. The molecule has 0 bridgehead atoms. The molecular weight excluding hydrogens is 224 g/mol. The number of rotatable bonds is 3. The molecule has 18 heavy (non-hydrogen) atoms. The van der Waals surface area contributed by atoms with Crippen LogP contribution in [0.3, 0.4) is 0 Å². The van der Waals surface area contributed by atoms with Crippen LogP contribution in [-0.2, 0) is 5.54 Å². The fourth-order valence-electron chi connectivity index (χ4n) is 2.91. The number of pyridine rings is 1. The summed E-state index contributed by atoms with van der Waals surface area (Å²) in [5.41, 5.74) is 7.60. The summed E-state index contributed by atoms with van der Waals surface area (Å²) in [6.07, 6.45) is 7.17. The molecule has 3 nitrogen and oxygen atoms in total. The van der Waals surface area contributed by atoms with Gasteiger partial charge in [0.2, 0.25) is 0 Å². The van der Waals surface area contributed by atoms with Gasteiger partial charge in [-0.25, -0.2) is 0 Å². The van der Waals surface area contributed by atoms with Crippen molar-refractivity contribution in [3.63, 3.8) is 0 Å². The Morgan fingerprint density at radius 3 is 2.56 bits per heavy atom. The molecule has 100 valence electrons. The fraction of sp³-hybridized carbons (Fsp3) is 0.667. The van der Waals surface area contributed by atoms with Gasteiger partial charge in [0.25, 0.3) is 0 Å². The van der Waals surface area contributed by atoms with Gasteiger partial charge in [0.05, 0.1) is 12.3 Å². The van der Waals surface area contributed by atoms with Crippen molar-refractivity contribution in [1.29, 1.82) is 0 Å². The van der Waals surface area contributed by atoms with Gasteiger partial charge >= 0.3 is 0 Å². The summed E-state index contributed by atoms with van der Waals surface area (Å²) in [5.74, 6) is 0.815. The monoisotopic (exact) mass is 248 g/mol. The van der Waals surface area contributed by atoms with Crippen LogP contribution in [0.1, 0.15) is 52.5 Å². The van der Waals surface area contributed by atoms with Gasteiger partial charge in [0.15, 0.2) is 0 Å². The zero-order valence-corrected chi connectivity index (χ0v) is 11.9. The lowest BCUT2D eigenvalue weighted by molar-refractivity contribution is 0.206. The summed E-state index contributed by atoms with van der Waals surface area (Å²) in [4.78, 5) is 4.29. The van der Waals surface area contributed by atoms with Crippen molar-refractivity contribution in [3.05, 3.63) is 24.0 Å². The molecule has 1 atom stereocenters. The van der Waals surface area contributed by atoms with Crippen molar-refractivity contribution >= 4 is 0 Å². The Balaban J connectivity index is 2.33. The normalized spacial score (nSPS) is 26.6. The first kappa shape index (κ1) is 13.3. The fourth-order valence-corrected chi connectivity index (χ4v) is 2.91. The third-order valence-corrected chi connectivity index (χ3v) is 4.18. The summed E-state index contributed by atoms with van der Waals surface area (Å²) >= 11 is 0. The van der Waals surface area contributed by atoms with Crippen molar-refractivity contribution in [3.8, 4) is 5.75 Å². The van der Waals surface area contributed by atoms with Crippen LogP contribution < -0.4 is 10.5 Å². The number of hydrogen-bond donors (Lipinski definition) is 1. The SMILES string of the molecule is CC(C)Oc1cncc(C2(N)CCCC2(C)C)c1. The van der Waals surface area contributed by atoms with E-state index in [1.165, 1.54) is 12.8 Å². The smallest absolute Gasteiger partial charge is 0.138 e. The van der Waals surface area contributed by atoms with Crippen molar-refractivity contribution in [2.75, 3.05) is 0 Å². The van der Waals surface area contributed by atoms with E-state index in [4.69, 9.17) is 10.5 Å². The Kier molecular flexibility index (Phi) is 3.37. The van der Waals surface area contributed by atoms with Crippen molar-refractivity contribution in [1.82, 2.24) is 4.98 Å². The van der Waals surface area contributed by atoms with E-state index in [0.717, 1.165) is 17.7 Å². The van der Waals surface area contributed by atoms with E-state index in [0.29, 0.717) is 0 Å². The molecule has 2 rings (SSSR count). The minimum Gasteiger partial charge on any atom is -0.489 e. The van der Waals surface area contributed by atoms with E-state index < -0.39 is 0 Å². The van der Waals surface area contributed by atoms with E-state index in [1.54, 1.807) is 6.20 Å². The molecule has 1 aromatic rings. The van der Waals surface area contributed by atoms with Gasteiger partial charge in [0.1, 0.15) is 5.75 Å². The maximum atomic E-state index is 6.66. The van der Waals surface area contributed by atoms with E-state index in [-0.39, 0.29) is 17.1 Å². The van der Waals surface area contributed by atoms with Crippen LogP contribution in [0, 0.1) is 5.41 Å². The minimum atomic E-state index is -0.281. The van der Waals surface area contributed by atoms with Crippen LogP contribution in [0.5, 0.6) is 5.75 Å². The second-order valence-corrected chi connectivity index (χ2v) is 6.28. The number of hydrogen-bond acceptors (Lipinski definition) is 3. The van der Waals surface area contributed by atoms with Gasteiger partial charge in [-0.1, -0.05) is 20.3 Å².